The minimum absolute atomic E-state index is 0.00563. The van der Waals surface area contributed by atoms with Crippen LogP contribution in [0.4, 0.5) is 32.2 Å². The van der Waals surface area contributed by atoms with Crippen molar-refractivity contribution in [3.63, 3.8) is 0 Å². The molecule has 2 heterocycles. The Morgan fingerprint density at radius 1 is 1.06 bits per heavy atom. The average Bonchev–Trinajstić information content (AvgIpc) is 3.17. The first-order chi connectivity index (χ1) is 16.7. The summed E-state index contributed by atoms with van der Waals surface area (Å²) >= 11 is 0. The second kappa shape index (κ2) is 9.22. The summed E-state index contributed by atoms with van der Waals surface area (Å²) in [7, 11) is 1.14. The van der Waals surface area contributed by atoms with Gasteiger partial charge in [0.15, 0.2) is 11.6 Å². The average molecular weight is 507 g/mol. The lowest BCUT2D eigenvalue weighted by atomic mass is 10.0. The molecule has 1 unspecified atom stereocenters. The van der Waals surface area contributed by atoms with Crippen molar-refractivity contribution in [2.24, 2.45) is 0 Å². The molecule has 8 nitrogen and oxygen atoms in total. The highest BCUT2D eigenvalue weighted by atomic mass is 19.4. The molecular weight excluding hydrogens is 492 g/mol. The highest BCUT2D eigenvalue weighted by Gasteiger charge is 2.38. The molecule has 3 aromatic rings. The molecule has 0 aliphatic heterocycles. The first-order valence-corrected chi connectivity index (χ1v) is 9.90. The fourth-order valence-corrected chi connectivity index (χ4v) is 3.34. The zero-order valence-corrected chi connectivity index (χ0v) is 18.5. The predicted octanol–water partition coefficient (Wildman–Crippen LogP) is 4.46. The van der Waals surface area contributed by atoms with Gasteiger partial charge in [-0.1, -0.05) is 0 Å². The number of nitrogens with zero attached hydrogens (tertiary/aromatic N) is 6. The van der Waals surface area contributed by atoms with Gasteiger partial charge in [-0.25, -0.2) is 9.67 Å². The number of pyridine rings is 1. The number of halogens is 6. The largest absolute Gasteiger partial charge is 0.416 e. The highest BCUT2D eigenvalue weighted by molar-refractivity contribution is 5.95. The summed E-state index contributed by atoms with van der Waals surface area (Å²) in [5.41, 5.74) is 1.72. The molecule has 0 radical (unpaired) electrons. The lowest BCUT2D eigenvalue weighted by Gasteiger charge is -2.26. The summed E-state index contributed by atoms with van der Waals surface area (Å²) in [4.78, 5) is 18.0. The smallest absolute Gasteiger partial charge is 0.381 e. The Labute approximate surface area is 199 Å². The maximum Gasteiger partial charge on any atom is 0.416 e. The van der Waals surface area contributed by atoms with Crippen LogP contribution in [0.3, 0.4) is 0 Å². The number of hydrogen-bond acceptors (Lipinski definition) is 6. The van der Waals surface area contributed by atoms with Crippen LogP contribution in [-0.2, 0) is 12.4 Å². The van der Waals surface area contributed by atoms with E-state index in [1.165, 1.54) is 25.3 Å². The number of aromatic nitrogens is 3. The molecule has 0 spiro atoms. The molecule has 14 heteroatoms. The van der Waals surface area contributed by atoms with Gasteiger partial charge in [-0.2, -0.15) is 36.9 Å². The molecule has 0 aliphatic carbocycles. The number of carbonyl (C=O) groups is 1. The number of amides is 1. The van der Waals surface area contributed by atoms with Crippen LogP contribution in [0.2, 0.25) is 0 Å². The first-order valence-electron chi connectivity index (χ1n) is 9.90. The summed E-state index contributed by atoms with van der Waals surface area (Å²) in [6.45, 7) is 1.38. The van der Waals surface area contributed by atoms with Crippen LogP contribution in [0.15, 0.2) is 36.5 Å². The number of carbonyl (C=O) groups excluding carboxylic acids is 1. The zero-order valence-electron chi connectivity index (χ0n) is 18.5. The Balaban J connectivity index is 2.10. The molecule has 0 bridgehead atoms. The number of alkyl halides is 6. The molecular formula is C22H15F6N7O. The Morgan fingerprint density at radius 2 is 1.64 bits per heavy atom. The van der Waals surface area contributed by atoms with Crippen LogP contribution < -0.4 is 5.73 Å². The number of nitrogens with two attached hydrogens (primary N) is 1. The van der Waals surface area contributed by atoms with E-state index in [2.05, 4.69) is 10.1 Å². The van der Waals surface area contributed by atoms with Gasteiger partial charge in [0.25, 0.3) is 5.91 Å². The molecule has 0 aliphatic rings. The SMILES string of the molecule is CC(c1c(C#N)c(N)nn1-c1ccc(C#N)cn1)N(C)C(=O)c1cc(C(F)(F)F)cc(C(F)(F)F)c1. The highest BCUT2D eigenvalue weighted by Crippen LogP contribution is 2.37. The maximum atomic E-state index is 13.2. The second-order valence-corrected chi connectivity index (χ2v) is 7.57. The van der Waals surface area contributed by atoms with Gasteiger partial charge in [0.2, 0.25) is 0 Å². The molecule has 2 N–H and O–H groups in total. The van der Waals surface area contributed by atoms with Gasteiger partial charge in [-0.05, 0) is 37.3 Å². The third-order valence-corrected chi connectivity index (χ3v) is 5.29. The van der Waals surface area contributed by atoms with Crippen LogP contribution in [0.5, 0.6) is 0 Å². The number of hydrogen-bond donors (Lipinski definition) is 1. The number of benzene rings is 1. The van der Waals surface area contributed by atoms with Crippen LogP contribution in [0.25, 0.3) is 5.82 Å². The van der Waals surface area contributed by atoms with Gasteiger partial charge in [0.05, 0.1) is 28.4 Å². The van der Waals surface area contributed by atoms with Crippen molar-refractivity contribution in [2.75, 3.05) is 12.8 Å². The van der Waals surface area contributed by atoms with E-state index in [1.807, 2.05) is 12.1 Å². The van der Waals surface area contributed by atoms with E-state index in [9.17, 15) is 36.4 Å². The van der Waals surface area contributed by atoms with Crippen molar-refractivity contribution in [1.82, 2.24) is 19.7 Å². The normalized spacial score (nSPS) is 12.5. The van der Waals surface area contributed by atoms with Crippen molar-refractivity contribution < 1.29 is 31.1 Å². The van der Waals surface area contributed by atoms with Crippen LogP contribution >= 0.6 is 0 Å². The van der Waals surface area contributed by atoms with Crippen molar-refractivity contribution in [3.8, 4) is 18.0 Å². The summed E-state index contributed by atoms with van der Waals surface area (Å²) in [5, 5.41) is 22.6. The van der Waals surface area contributed by atoms with Gasteiger partial charge in [-0.3, -0.25) is 4.79 Å². The van der Waals surface area contributed by atoms with E-state index in [1.54, 1.807) is 0 Å². The molecule has 3 rings (SSSR count). The fraction of sp³-hybridized carbons (Fsp3) is 0.227. The molecule has 0 saturated carbocycles. The van der Waals surface area contributed by atoms with Crippen LogP contribution in [0, 0.1) is 22.7 Å². The molecule has 1 aromatic carbocycles. The minimum Gasteiger partial charge on any atom is -0.381 e. The summed E-state index contributed by atoms with van der Waals surface area (Å²) in [6, 6.07) is 5.92. The van der Waals surface area contributed by atoms with Crippen molar-refractivity contribution in [1.29, 1.82) is 10.5 Å². The molecule has 1 amide bonds. The Kier molecular flexibility index (Phi) is 6.67. The fourth-order valence-electron chi connectivity index (χ4n) is 3.34. The first kappa shape index (κ1) is 26.0. The van der Waals surface area contributed by atoms with Gasteiger partial charge >= 0.3 is 12.4 Å². The second-order valence-electron chi connectivity index (χ2n) is 7.57. The van der Waals surface area contributed by atoms with Crippen LogP contribution in [0.1, 0.15) is 51.3 Å². The third-order valence-electron chi connectivity index (χ3n) is 5.29. The molecule has 1 atom stereocenters. The van der Waals surface area contributed by atoms with E-state index in [-0.39, 0.29) is 34.5 Å². The molecule has 2 aromatic heterocycles. The zero-order chi connectivity index (χ0) is 27.0. The van der Waals surface area contributed by atoms with Gasteiger partial charge in [0, 0.05) is 18.8 Å². The summed E-state index contributed by atoms with van der Waals surface area (Å²) in [6.07, 6.45) is -9.06. The van der Waals surface area contributed by atoms with Crippen molar-refractivity contribution in [2.45, 2.75) is 25.3 Å². The molecule has 186 valence electrons. The Morgan fingerprint density at radius 3 is 2.08 bits per heavy atom. The Bertz CT molecular complexity index is 1360. The van der Waals surface area contributed by atoms with E-state index in [0.717, 1.165) is 16.6 Å². The third kappa shape index (κ3) is 4.93. The standard InChI is InChI=1S/C22H15F6N7O/c1-11(18-16(9-30)19(31)33-35(18)17-4-3-12(8-29)10-32-17)34(2)20(36)13-5-14(21(23,24)25)7-15(6-13)22(26,27)28/h3-7,10-11H,1-2H3,(H2,31,33). The summed E-state index contributed by atoms with van der Waals surface area (Å²) in [5.74, 6) is -1.32. The Hall–Kier alpha value is -4.59. The number of nitrogen functional groups attached to an aromatic ring is 1. The van der Waals surface area contributed by atoms with Crippen LogP contribution in [-0.4, -0.2) is 32.6 Å². The maximum absolute atomic E-state index is 13.2. The van der Waals surface area contributed by atoms with E-state index < -0.39 is 41.0 Å². The van der Waals surface area contributed by atoms with E-state index in [4.69, 9.17) is 11.0 Å². The number of anilines is 1. The number of nitriles is 2. The topological polar surface area (TPSA) is 125 Å². The predicted molar refractivity (Wildman–Crippen MR) is 112 cm³/mol. The number of rotatable bonds is 4. The quantitative estimate of drug-likeness (QED) is 0.520. The minimum atomic E-state index is -5.14. The van der Waals surface area contributed by atoms with Gasteiger partial charge in [-0.15, -0.1) is 5.10 Å². The van der Waals surface area contributed by atoms with Gasteiger partial charge in [0.1, 0.15) is 17.7 Å². The monoisotopic (exact) mass is 507 g/mol. The van der Waals surface area contributed by atoms with E-state index in [0.29, 0.717) is 12.1 Å². The lowest BCUT2D eigenvalue weighted by Crippen LogP contribution is -2.32. The molecule has 36 heavy (non-hydrogen) atoms. The van der Waals surface area contributed by atoms with Crippen molar-refractivity contribution >= 4 is 11.7 Å². The molecule has 0 fully saturated rings. The lowest BCUT2D eigenvalue weighted by molar-refractivity contribution is -0.143. The molecule has 0 saturated heterocycles. The van der Waals surface area contributed by atoms with Gasteiger partial charge < -0.3 is 10.6 Å². The van der Waals surface area contributed by atoms with Crippen molar-refractivity contribution in [3.05, 3.63) is 70.0 Å². The summed E-state index contributed by atoms with van der Waals surface area (Å²) < 4.78 is 80.5. The van der Waals surface area contributed by atoms with E-state index >= 15 is 0 Å².